The zero-order chi connectivity index (χ0) is 19.7. The number of carbonyl (C=O) groups is 1. The van der Waals surface area contributed by atoms with Crippen molar-refractivity contribution in [3.8, 4) is 5.75 Å². The second-order valence-electron chi connectivity index (χ2n) is 7.16. The van der Waals surface area contributed by atoms with Gasteiger partial charge in [-0.05, 0) is 56.0 Å². The predicted octanol–water partition coefficient (Wildman–Crippen LogP) is 0.967. The number of H-pyrrole nitrogens is 1. The molecule has 0 unspecified atom stereocenters. The van der Waals surface area contributed by atoms with E-state index in [9.17, 15) is 9.59 Å². The van der Waals surface area contributed by atoms with E-state index in [-0.39, 0.29) is 11.3 Å². The highest BCUT2D eigenvalue weighted by molar-refractivity contribution is 7.07. The number of hydrogen-bond acceptors (Lipinski definition) is 6. The van der Waals surface area contributed by atoms with Gasteiger partial charge in [-0.1, -0.05) is 6.07 Å². The third-order valence-electron chi connectivity index (χ3n) is 4.77. The highest BCUT2D eigenvalue weighted by Gasteiger charge is 2.28. The number of fused-ring (bicyclic) bond motifs is 1. The van der Waals surface area contributed by atoms with Gasteiger partial charge in [0.05, 0.1) is 15.8 Å². The second kappa shape index (κ2) is 7.20. The molecule has 144 valence electrons. The molecule has 1 aromatic carbocycles. The van der Waals surface area contributed by atoms with Crippen molar-refractivity contribution in [2.45, 2.75) is 32.2 Å². The summed E-state index contributed by atoms with van der Waals surface area (Å²) in [4.78, 5) is 31.7. The van der Waals surface area contributed by atoms with E-state index >= 15 is 0 Å². The average Bonchev–Trinajstić information content (AvgIpc) is 3.33. The normalized spacial score (nSPS) is 15.4. The Labute approximate surface area is 165 Å². The zero-order valence-electron chi connectivity index (χ0n) is 15.6. The minimum Gasteiger partial charge on any atom is -0.493 e. The van der Waals surface area contributed by atoms with E-state index in [1.54, 1.807) is 13.8 Å². The van der Waals surface area contributed by atoms with Crippen LogP contribution in [0.25, 0.3) is 12.2 Å². The Morgan fingerprint density at radius 1 is 1.39 bits per heavy atom. The van der Waals surface area contributed by atoms with Crippen molar-refractivity contribution in [3.63, 3.8) is 0 Å². The van der Waals surface area contributed by atoms with Gasteiger partial charge in [-0.2, -0.15) is 5.10 Å². The molecule has 7 nitrogen and oxygen atoms in total. The molecule has 0 atom stereocenters. The van der Waals surface area contributed by atoms with Gasteiger partial charge >= 0.3 is 0 Å². The monoisotopic (exact) mass is 396 g/mol. The molecule has 0 saturated carbocycles. The summed E-state index contributed by atoms with van der Waals surface area (Å²) in [6, 6.07) is 5.93. The Kier molecular flexibility index (Phi) is 4.72. The number of nitrogens with zero attached hydrogens (tertiary/aromatic N) is 3. The lowest BCUT2D eigenvalue weighted by molar-refractivity contribution is -0.120. The quantitative estimate of drug-likeness (QED) is 0.710. The van der Waals surface area contributed by atoms with Gasteiger partial charge in [0.2, 0.25) is 0 Å². The van der Waals surface area contributed by atoms with Crippen LogP contribution in [0.1, 0.15) is 31.4 Å². The smallest absolute Gasteiger partial charge is 0.266 e. The first-order chi connectivity index (χ1) is 13.4. The molecule has 1 aliphatic rings. The summed E-state index contributed by atoms with van der Waals surface area (Å²) in [6.45, 7) is 4.27. The standard InChI is InChI=1S/C20H20N4O3S/c1-20(2,24-12-21-11-22-24)17(25)10-18-23-19(26)16(28-18)9-13-5-6-15-14(8-13)4-3-7-27-15/h5-6,8-12H,3-4,7H2,1-2H3,(H,23,26)/b16-9-,18-10+. The van der Waals surface area contributed by atoms with E-state index in [0.717, 1.165) is 36.3 Å². The predicted molar refractivity (Wildman–Crippen MR) is 107 cm³/mol. The fourth-order valence-corrected chi connectivity index (χ4v) is 3.94. The van der Waals surface area contributed by atoms with E-state index in [4.69, 9.17) is 4.74 Å². The third kappa shape index (κ3) is 3.55. The molecule has 28 heavy (non-hydrogen) atoms. The van der Waals surface area contributed by atoms with Gasteiger partial charge in [-0.15, -0.1) is 11.3 Å². The molecule has 1 aliphatic heterocycles. The molecule has 0 amide bonds. The molecule has 4 rings (SSSR count). The van der Waals surface area contributed by atoms with Crippen molar-refractivity contribution in [3.05, 3.63) is 61.5 Å². The fraction of sp³-hybridized carbons (Fsp3) is 0.300. The van der Waals surface area contributed by atoms with Gasteiger partial charge in [0.25, 0.3) is 5.56 Å². The maximum absolute atomic E-state index is 12.7. The average molecular weight is 396 g/mol. The van der Waals surface area contributed by atoms with Gasteiger partial charge in [0, 0.05) is 6.08 Å². The highest BCUT2D eigenvalue weighted by Crippen LogP contribution is 2.25. The largest absolute Gasteiger partial charge is 0.493 e. The molecule has 0 radical (unpaired) electrons. The van der Waals surface area contributed by atoms with Crippen LogP contribution in [0, 0.1) is 0 Å². The Morgan fingerprint density at radius 2 is 2.25 bits per heavy atom. The van der Waals surface area contributed by atoms with E-state index in [2.05, 4.69) is 21.1 Å². The van der Waals surface area contributed by atoms with Gasteiger partial charge in [-0.3, -0.25) is 9.59 Å². The van der Waals surface area contributed by atoms with E-state index in [1.807, 2.05) is 18.2 Å². The first-order valence-electron chi connectivity index (χ1n) is 9.01. The van der Waals surface area contributed by atoms with Crippen LogP contribution >= 0.6 is 11.3 Å². The number of hydrogen-bond donors (Lipinski definition) is 1. The summed E-state index contributed by atoms with van der Waals surface area (Å²) in [5.41, 5.74) is 0.998. The Balaban J connectivity index is 1.67. The molecule has 1 N–H and O–H groups in total. The SMILES string of the molecule is CC(C)(C(=O)/C=c1\[nH]c(=O)/c(=C/c2ccc3c(c2)CCCO3)s1)n1cncn1. The van der Waals surface area contributed by atoms with Crippen molar-refractivity contribution in [2.24, 2.45) is 0 Å². The van der Waals surface area contributed by atoms with Crippen molar-refractivity contribution in [2.75, 3.05) is 6.61 Å². The minimum atomic E-state index is -0.889. The van der Waals surface area contributed by atoms with Crippen LogP contribution in [0.5, 0.6) is 5.75 Å². The molecule has 0 saturated heterocycles. The van der Waals surface area contributed by atoms with E-state index in [0.29, 0.717) is 9.20 Å². The number of ketones is 1. The molecule has 0 spiro atoms. The zero-order valence-corrected chi connectivity index (χ0v) is 16.5. The lowest BCUT2D eigenvalue weighted by atomic mass is 10.00. The molecular weight excluding hydrogens is 376 g/mol. The van der Waals surface area contributed by atoms with Gasteiger partial charge in [0.15, 0.2) is 5.78 Å². The van der Waals surface area contributed by atoms with Crippen LogP contribution in [0.2, 0.25) is 0 Å². The number of thiazole rings is 1. The molecule has 0 aliphatic carbocycles. The topological polar surface area (TPSA) is 89.9 Å². The van der Waals surface area contributed by atoms with Crippen molar-refractivity contribution in [1.82, 2.24) is 19.7 Å². The molecule has 3 aromatic rings. The van der Waals surface area contributed by atoms with Crippen molar-refractivity contribution >= 4 is 29.3 Å². The number of carbonyl (C=O) groups excluding carboxylic acids is 1. The Bertz CT molecular complexity index is 1190. The number of aryl methyl sites for hydroxylation is 1. The lowest BCUT2D eigenvalue weighted by Crippen LogP contribution is -2.36. The molecule has 0 fully saturated rings. The highest BCUT2D eigenvalue weighted by atomic mass is 32.1. The molecule has 2 aromatic heterocycles. The molecule has 8 heteroatoms. The number of rotatable bonds is 4. The first kappa shape index (κ1) is 18.4. The van der Waals surface area contributed by atoms with Crippen LogP contribution in [-0.4, -0.2) is 32.1 Å². The summed E-state index contributed by atoms with van der Waals surface area (Å²) in [7, 11) is 0. The number of aromatic nitrogens is 4. The van der Waals surface area contributed by atoms with Crippen LogP contribution in [0.4, 0.5) is 0 Å². The number of nitrogens with one attached hydrogen (secondary N) is 1. The fourth-order valence-electron chi connectivity index (χ4n) is 3.05. The lowest BCUT2D eigenvalue weighted by Gasteiger charge is -2.20. The van der Waals surface area contributed by atoms with E-state index in [1.165, 1.54) is 34.7 Å². The summed E-state index contributed by atoms with van der Waals surface area (Å²) in [5, 5.41) is 4.04. The summed E-state index contributed by atoms with van der Waals surface area (Å²) in [6.07, 6.45) is 8.15. The summed E-state index contributed by atoms with van der Waals surface area (Å²) in [5.74, 6) is 0.742. The van der Waals surface area contributed by atoms with Crippen LogP contribution in [0.15, 0.2) is 35.6 Å². The molecule has 3 heterocycles. The third-order valence-corrected chi connectivity index (χ3v) is 5.73. The Hall–Kier alpha value is -3.00. The molecule has 0 bridgehead atoms. The summed E-state index contributed by atoms with van der Waals surface area (Å²) >= 11 is 1.26. The second-order valence-corrected chi connectivity index (χ2v) is 8.24. The first-order valence-corrected chi connectivity index (χ1v) is 9.83. The van der Waals surface area contributed by atoms with Crippen LogP contribution < -0.4 is 19.5 Å². The van der Waals surface area contributed by atoms with Gasteiger partial charge in [0.1, 0.15) is 23.9 Å². The number of benzene rings is 1. The maximum Gasteiger partial charge on any atom is 0.266 e. The number of ether oxygens (including phenoxy) is 1. The number of aromatic amines is 1. The van der Waals surface area contributed by atoms with Gasteiger partial charge in [-0.25, -0.2) is 9.67 Å². The molecular formula is C20H20N4O3S. The number of Topliss-reactive ketones (excluding diaryl/α,β-unsaturated/α-hetero) is 1. The summed E-state index contributed by atoms with van der Waals surface area (Å²) < 4.78 is 8.19. The van der Waals surface area contributed by atoms with Crippen molar-refractivity contribution in [1.29, 1.82) is 0 Å². The van der Waals surface area contributed by atoms with Crippen LogP contribution in [-0.2, 0) is 16.8 Å². The van der Waals surface area contributed by atoms with Crippen molar-refractivity contribution < 1.29 is 9.53 Å². The van der Waals surface area contributed by atoms with Gasteiger partial charge < -0.3 is 9.72 Å². The minimum absolute atomic E-state index is 0.173. The van der Waals surface area contributed by atoms with Crippen LogP contribution in [0.3, 0.4) is 0 Å². The van der Waals surface area contributed by atoms with E-state index < -0.39 is 5.54 Å². The maximum atomic E-state index is 12.7. The Morgan fingerprint density at radius 3 is 3.04 bits per heavy atom.